The van der Waals surface area contributed by atoms with Crippen molar-refractivity contribution in [2.45, 2.75) is 6.42 Å². The lowest BCUT2D eigenvalue weighted by atomic mass is 9.92. The van der Waals surface area contributed by atoms with Crippen LogP contribution in [-0.2, 0) is 9.53 Å². The van der Waals surface area contributed by atoms with Gasteiger partial charge in [-0.1, -0.05) is 48.6 Å². The highest BCUT2D eigenvalue weighted by Crippen LogP contribution is 2.26. The van der Waals surface area contributed by atoms with E-state index < -0.39 is 0 Å². The van der Waals surface area contributed by atoms with Gasteiger partial charge >= 0.3 is 5.97 Å². The lowest BCUT2D eigenvalue weighted by Gasteiger charge is -2.14. The first-order valence-electron chi connectivity index (χ1n) is 6.25. The van der Waals surface area contributed by atoms with Gasteiger partial charge in [-0.05, 0) is 27.7 Å². The molecule has 0 aromatic heterocycles. The second-order valence-electron chi connectivity index (χ2n) is 4.61. The van der Waals surface area contributed by atoms with Crippen molar-refractivity contribution in [1.29, 1.82) is 0 Å². The topological polar surface area (TPSA) is 26.3 Å². The maximum absolute atomic E-state index is 11.6. The Morgan fingerprint density at radius 3 is 2.63 bits per heavy atom. The van der Waals surface area contributed by atoms with Gasteiger partial charge in [0.25, 0.3) is 0 Å². The van der Waals surface area contributed by atoms with Crippen molar-refractivity contribution >= 4 is 18.1 Å². The predicted molar refractivity (Wildman–Crippen MR) is 75.5 cm³/mol. The van der Waals surface area contributed by atoms with E-state index in [1.54, 1.807) is 0 Å². The number of rotatable bonds is 1. The second-order valence-corrected chi connectivity index (χ2v) is 4.61. The van der Waals surface area contributed by atoms with Crippen molar-refractivity contribution in [1.82, 2.24) is 0 Å². The molecule has 0 spiro atoms. The Morgan fingerprint density at radius 1 is 1.05 bits per heavy atom. The van der Waals surface area contributed by atoms with Gasteiger partial charge in [0, 0.05) is 12.0 Å². The van der Waals surface area contributed by atoms with Crippen LogP contribution in [0.25, 0.3) is 12.2 Å². The molecule has 0 bridgehead atoms. The summed E-state index contributed by atoms with van der Waals surface area (Å²) in [6.45, 7) is 0. The molecule has 19 heavy (non-hydrogen) atoms. The lowest BCUT2D eigenvalue weighted by molar-refractivity contribution is -0.136. The molecular formula is C17H14O2. The van der Waals surface area contributed by atoms with Gasteiger partial charge in [0.15, 0.2) is 0 Å². The Bertz CT molecular complexity index is 746. The highest BCUT2D eigenvalue weighted by molar-refractivity contribution is 5.91. The van der Waals surface area contributed by atoms with E-state index in [4.69, 9.17) is 4.74 Å². The SMILES string of the molecule is COC(=O)C1=CC=C2C=c3ccccc3=CC=C2C1. The molecule has 1 aromatic carbocycles. The number of ether oxygens (including phenoxy) is 1. The summed E-state index contributed by atoms with van der Waals surface area (Å²) < 4.78 is 4.78. The largest absolute Gasteiger partial charge is 0.466 e. The van der Waals surface area contributed by atoms with E-state index in [1.807, 2.05) is 24.3 Å². The number of fused-ring (bicyclic) bond motifs is 2. The minimum Gasteiger partial charge on any atom is -0.466 e. The first kappa shape index (κ1) is 11.7. The van der Waals surface area contributed by atoms with Crippen LogP contribution in [0.3, 0.4) is 0 Å². The molecule has 1 aromatic rings. The van der Waals surface area contributed by atoms with Crippen molar-refractivity contribution in [3.63, 3.8) is 0 Å². The van der Waals surface area contributed by atoms with Crippen LogP contribution in [0, 0.1) is 0 Å². The minimum absolute atomic E-state index is 0.252. The zero-order valence-electron chi connectivity index (χ0n) is 10.7. The monoisotopic (exact) mass is 250 g/mol. The molecule has 2 aliphatic rings. The fraction of sp³-hybridized carbons (Fsp3) is 0.118. The molecule has 0 unspecified atom stereocenters. The van der Waals surface area contributed by atoms with E-state index in [-0.39, 0.29) is 5.97 Å². The highest BCUT2D eigenvalue weighted by Gasteiger charge is 2.17. The van der Waals surface area contributed by atoms with Gasteiger partial charge in [-0.15, -0.1) is 0 Å². The van der Waals surface area contributed by atoms with Crippen LogP contribution in [-0.4, -0.2) is 13.1 Å². The number of hydrogen-bond acceptors (Lipinski definition) is 2. The Balaban J connectivity index is 2.10. The summed E-state index contributed by atoms with van der Waals surface area (Å²) in [7, 11) is 1.41. The zero-order chi connectivity index (χ0) is 13.2. The fourth-order valence-corrected chi connectivity index (χ4v) is 2.38. The molecule has 0 aliphatic heterocycles. The van der Waals surface area contributed by atoms with E-state index in [2.05, 4.69) is 30.4 Å². The van der Waals surface area contributed by atoms with Gasteiger partial charge in [-0.2, -0.15) is 0 Å². The van der Waals surface area contributed by atoms with Crippen LogP contribution < -0.4 is 10.4 Å². The molecule has 0 amide bonds. The van der Waals surface area contributed by atoms with Gasteiger partial charge in [0.2, 0.25) is 0 Å². The van der Waals surface area contributed by atoms with E-state index in [0.717, 1.165) is 11.1 Å². The van der Waals surface area contributed by atoms with Crippen LogP contribution in [0.4, 0.5) is 0 Å². The highest BCUT2D eigenvalue weighted by atomic mass is 16.5. The smallest absolute Gasteiger partial charge is 0.334 e. The summed E-state index contributed by atoms with van der Waals surface area (Å²) in [6.07, 6.45) is 10.8. The van der Waals surface area contributed by atoms with Crippen molar-refractivity contribution in [2.24, 2.45) is 0 Å². The van der Waals surface area contributed by atoms with E-state index in [1.165, 1.54) is 17.5 Å². The van der Waals surface area contributed by atoms with Crippen molar-refractivity contribution in [3.8, 4) is 0 Å². The molecule has 2 aliphatic carbocycles. The number of benzene rings is 1. The molecule has 0 fully saturated rings. The van der Waals surface area contributed by atoms with Crippen LogP contribution >= 0.6 is 0 Å². The number of methoxy groups -OCH3 is 1. The van der Waals surface area contributed by atoms with Crippen LogP contribution in [0.1, 0.15) is 6.42 Å². The summed E-state index contributed by atoms with van der Waals surface area (Å²) in [6, 6.07) is 8.26. The third kappa shape index (κ3) is 2.17. The number of hydrogen-bond donors (Lipinski definition) is 0. The number of carbonyl (C=O) groups is 1. The van der Waals surface area contributed by atoms with Crippen LogP contribution in [0.2, 0.25) is 0 Å². The molecule has 0 atom stereocenters. The maximum atomic E-state index is 11.6. The van der Waals surface area contributed by atoms with E-state index >= 15 is 0 Å². The first-order chi connectivity index (χ1) is 9.28. The fourth-order valence-electron chi connectivity index (χ4n) is 2.38. The molecule has 0 saturated carbocycles. The summed E-state index contributed by atoms with van der Waals surface area (Å²) >= 11 is 0. The number of allylic oxidation sites excluding steroid dienone is 5. The molecular weight excluding hydrogens is 236 g/mol. The van der Waals surface area contributed by atoms with Crippen molar-refractivity contribution < 1.29 is 9.53 Å². The summed E-state index contributed by atoms with van der Waals surface area (Å²) in [4.78, 5) is 11.6. The normalized spacial score (nSPS) is 16.4. The molecule has 94 valence electrons. The molecule has 0 heterocycles. The number of esters is 1. The second kappa shape index (κ2) is 4.73. The van der Waals surface area contributed by atoms with Gasteiger partial charge in [-0.3, -0.25) is 0 Å². The summed E-state index contributed by atoms with van der Waals surface area (Å²) in [5.41, 5.74) is 3.01. The average Bonchev–Trinajstić information content (AvgIpc) is 2.64. The Kier molecular flexibility index (Phi) is 2.92. The Labute approximate surface area is 111 Å². The van der Waals surface area contributed by atoms with Gasteiger partial charge in [0.1, 0.15) is 0 Å². The van der Waals surface area contributed by atoms with E-state index in [0.29, 0.717) is 12.0 Å². The Hall–Kier alpha value is -2.35. The van der Waals surface area contributed by atoms with Gasteiger partial charge in [-0.25, -0.2) is 4.79 Å². The van der Waals surface area contributed by atoms with Gasteiger partial charge < -0.3 is 4.74 Å². The molecule has 3 rings (SSSR count). The molecule has 0 N–H and O–H groups in total. The van der Waals surface area contributed by atoms with Gasteiger partial charge in [0.05, 0.1) is 7.11 Å². The standard InChI is InChI=1S/C17H14O2/c1-19-17(18)16-9-8-14-10-13-5-3-2-4-12(13)6-7-15(14)11-16/h2-10H,11H2,1H3. The predicted octanol–water partition coefficient (Wildman–Crippen LogP) is 1.62. The maximum Gasteiger partial charge on any atom is 0.334 e. The average molecular weight is 250 g/mol. The molecule has 0 radical (unpaired) electrons. The van der Waals surface area contributed by atoms with Crippen LogP contribution in [0.15, 0.2) is 59.2 Å². The first-order valence-corrected chi connectivity index (χ1v) is 6.25. The Morgan fingerprint density at radius 2 is 1.84 bits per heavy atom. The van der Waals surface area contributed by atoms with E-state index in [9.17, 15) is 4.79 Å². The third-order valence-electron chi connectivity index (χ3n) is 3.43. The van der Waals surface area contributed by atoms with Crippen molar-refractivity contribution in [2.75, 3.05) is 7.11 Å². The molecule has 2 nitrogen and oxygen atoms in total. The zero-order valence-corrected chi connectivity index (χ0v) is 10.7. The summed E-state index contributed by atoms with van der Waals surface area (Å²) in [5, 5.41) is 2.40. The summed E-state index contributed by atoms with van der Waals surface area (Å²) in [5.74, 6) is -0.252. The van der Waals surface area contributed by atoms with Crippen molar-refractivity contribution in [3.05, 3.63) is 69.7 Å². The minimum atomic E-state index is -0.252. The quantitative estimate of drug-likeness (QED) is 0.708. The lowest BCUT2D eigenvalue weighted by Crippen LogP contribution is -2.22. The third-order valence-corrected chi connectivity index (χ3v) is 3.43. The molecule has 0 saturated heterocycles. The number of carbonyl (C=O) groups excluding carboxylic acids is 1. The van der Waals surface area contributed by atoms with Crippen LogP contribution in [0.5, 0.6) is 0 Å². The molecule has 2 heteroatoms.